The zero-order valence-electron chi connectivity index (χ0n) is 9.48. The summed E-state index contributed by atoms with van der Waals surface area (Å²) in [6.45, 7) is 5.64. The van der Waals surface area contributed by atoms with E-state index in [9.17, 15) is 9.59 Å². The number of nitrogens with zero attached hydrogens (tertiary/aromatic N) is 1. The zero-order valence-corrected chi connectivity index (χ0v) is 9.48. The number of benzene rings is 1. The van der Waals surface area contributed by atoms with E-state index in [4.69, 9.17) is 0 Å². The molecule has 4 nitrogen and oxygen atoms in total. The molecule has 0 radical (unpaired) electrons. The number of aromatic nitrogens is 1. The smallest absolute Gasteiger partial charge is 0.372 e. The fourth-order valence-electron chi connectivity index (χ4n) is 1.89. The maximum absolute atomic E-state index is 11.6. The summed E-state index contributed by atoms with van der Waals surface area (Å²) in [6, 6.07) is 5.29. The minimum atomic E-state index is -0.596. The number of hydrogen-bond acceptors (Lipinski definition) is 3. The van der Waals surface area contributed by atoms with Crippen molar-refractivity contribution in [2.75, 3.05) is 0 Å². The van der Waals surface area contributed by atoms with Crippen molar-refractivity contribution in [3.05, 3.63) is 44.7 Å². The molecule has 1 heterocycles. The Kier molecular flexibility index (Phi) is 2.42. The van der Waals surface area contributed by atoms with E-state index in [1.807, 2.05) is 26.8 Å². The van der Waals surface area contributed by atoms with Gasteiger partial charge >= 0.3 is 11.4 Å². The molecule has 16 heavy (non-hydrogen) atoms. The molecule has 0 bridgehead atoms. The Hall–Kier alpha value is -1.84. The van der Waals surface area contributed by atoms with Crippen molar-refractivity contribution in [1.82, 2.24) is 4.57 Å². The molecule has 0 spiro atoms. The summed E-state index contributed by atoms with van der Waals surface area (Å²) >= 11 is 0. The van der Waals surface area contributed by atoms with Gasteiger partial charge in [-0.2, -0.15) is 0 Å². The lowest BCUT2D eigenvalue weighted by Crippen LogP contribution is -2.26. The zero-order chi connectivity index (χ0) is 11.9. The van der Waals surface area contributed by atoms with Gasteiger partial charge in [0.15, 0.2) is 0 Å². The summed E-state index contributed by atoms with van der Waals surface area (Å²) in [4.78, 5) is 23.2. The van der Waals surface area contributed by atoms with Crippen LogP contribution >= 0.6 is 0 Å². The molecule has 0 amide bonds. The van der Waals surface area contributed by atoms with Gasteiger partial charge in [0.05, 0.1) is 10.9 Å². The van der Waals surface area contributed by atoms with Crippen LogP contribution in [0.25, 0.3) is 10.9 Å². The molecule has 0 saturated carbocycles. The van der Waals surface area contributed by atoms with Gasteiger partial charge in [0, 0.05) is 6.04 Å². The Morgan fingerprint density at radius 2 is 1.94 bits per heavy atom. The first-order valence-corrected chi connectivity index (χ1v) is 5.17. The second-order valence-corrected chi connectivity index (χ2v) is 4.09. The lowest BCUT2D eigenvalue weighted by molar-refractivity contribution is 0.398. The second kappa shape index (κ2) is 3.63. The first-order chi connectivity index (χ1) is 7.52. The van der Waals surface area contributed by atoms with Gasteiger partial charge in [-0.1, -0.05) is 12.1 Å². The van der Waals surface area contributed by atoms with Crippen molar-refractivity contribution < 1.29 is 4.42 Å². The number of fused-ring (bicyclic) bond motifs is 1. The fraction of sp³-hybridized carbons (Fsp3) is 0.333. The molecular formula is C12H13NO3. The van der Waals surface area contributed by atoms with Crippen LogP contribution in [-0.2, 0) is 0 Å². The van der Waals surface area contributed by atoms with Gasteiger partial charge in [-0.05, 0) is 32.4 Å². The van der Waals surface area contributed by atoms with E-state index >= 15 is 0 Å². The van der Waals surface area contributed by atoms with Gasteiger partial charge in [0.2, 0.25) is 0 Å². The van der Waals surface area contributed by atoms with Crippen LogP contribution in [0.3, 0.4) is 0 Å². The Morgan fingerprint density at radius 1 is 1.25 bits per heavy atom. The van der Waals surface area contributed by atoms with Gasteiger partial charge in [0.1, 0.15) is 0 Å². The highest BCUT2D eigenvalue weighted by atomic mass is 16.4. The SMILES string of the molecule is Cc1cccc2c(=O)oc(=O)n(C(C)C)c12. The Labute approximate surface area is 92.1 Å². The van der Waals surface area contributed by atoms with E-state index in [-0.39, 0.29) is 6.04 Å². The van der Waals surface area contributed by atoms with Crippen LogP contribution < -0.4 is 11.4 Å². The summed E-state index contributed by atoms with van der Waals surface area (Å²) in [5.74, 6) is -0.596. The number of rotatable bonds is 1. The van der Waals surface area contributed by atoms with Crippen LogP contribution in [0.1, 0.15) is 25.5 Å². The third-order valence-corrected chi connectivity index (χ3v) is 2.59. The van der Waals surface area contributed by atoms with Crippen LogP contribution in [-0.4, -0.2) is 4.57 Å². The highest BCUT2D eigenvalue weighted by Crippen LogP contribution is 2.16. The van der Waals surface area contributed by atoms with Gasteiger partial charge < -0.3 is 4.42 Å². The van der Waals surface area contributed by atoms with Crippen LogP contribution in [0.2, 0.25) is 0 Å². The van der Waals surface area contributed by atoms with Gasteiger partial charge in [0.25, 0.3) is 0 Å². The average molecular weight is 219 g/mol. The molecule has 0 unspecified atom stereocenters. The second-order valence-electron chi connectivity index (χ2n) is 4.09. The number of aryl methyl sites for hydroxylation is 1. The van der Waals surface area contributed by atoms with Crippen LogP contribution in [0.5, 0.6) is 0 Å². The largest absolute Gasteiger partial charge is 0.422 e. The molecule has 0 aliphatic carbocycles. The Balaban J connectivity index is 3.11. The van der Waals surface area contributed by atoms with E-state index in [1.54, 1.807) is 12.1 Å². The third kappa shape index (κ3) is 1.46. The van der Waals surface area contributed by atoms with Crippen LogP contribution in [0.15, 0.2) is 32.2 Å². The summed E-state index contributed by atoms with van der Waals surface area (Å²) < 4.78 is 6.20. The Morgan fingerprint density at radius 3 is 2.56 bits per heavy atom. The van der Waals surface area contributed by atoms with E-state index < -0.39 is 11.4 Å². The molecular weight excluding hydrogens is 206 g/mol. The lowest BCUT2D eigenvalue weighted by Gasteiger charge is -2.13. The molecule has 0 N–H and O–H groups in total. The molecule has 0 atom stereocenters. The lowest BCUT2D eigenvalue weighted by atomic mass is 10.1. The van der Waals surface area contributed by atoms with E-state index in [1.165, 1.54) is 4.57 Å². The molecule has 0 aliphatic heterocycles. The fourth-order valence-corrected chi connectivity index (χ4v) is 1.89. The van der Waals surface area contributed by atoms with Crippen molar-refractivity contribution in [3.63, 3.8) is 0 Å². The molecule has 2 aromatic rings. The first kappa shape index (κ1) is 10.7. The maximum Gasteiger partial charge on any atom is 0.422 e. The molecule has 2 rings (SSSR count). The first-order valence-electron chi connectivity index (χ1n) is 5.17. The third-order valence-electron chi connectivity index (χ3n) is 2.59. The van der Waals surface area contributed by atoms with E-state index in [2.05, 4.69) is 4.42 Å². The number of hydrogen-bond donors (Lipinski definition) is 0. The molecule has 1 aromatic carbocycles. The normalized spacial score (nSPS) is 11.2. The van der Waals surface area contributed by atoms with Crippen LogP contribution in [0.4, 0.5) is 0 Å². The highest BCUT2D eigenvalue weighted by Gasteiger charge is 2.12. The van der Waals surface area contributed by atoms with Crippen molar-refractivity contribution in [2.45, 2.75) is 26.8 Å². The minimum Gasteiger partial charge on any atom is -0.372 e. The topological polar surface area (TPSA) is 52.2 Å². The quantitative estimate of drug-likeness (QED) is 0.735. The molecule has 0 aliphatic rings. The average Bonchev–Trinajstić information content (AvgIpc) is 2.19. The predicted molar refractivity (Wildman–Crippen MR) is 61.9 cm³/mol. The summed E-state index contributed by atoms with van der Waals surface area (Å²) in [6.07, 6.45) is 0. The monoisotopic (exact) mass is 219 g/mol. The summed E-state index contributed by atoms with van der Waals surface area (Å²) in [5.41, 5.74) is 0.996. The molecule has 84 valence electrons. The van der Waals surface area contributed by atoms with Crippen molar-refractivity contribution in [2.24, 2.45) is 0 Å². The Bertz CT molecular complexity index is 649. The molecule has 1 aromatic heterocycles. The van der Waals surface area contributed by atoms with Gasteiger partial charge in [-0.3, -0.25) is 4.57 Å². The predicted octanol–water partition coefficient (Wildman–Crippen LogP) is 1.84. The number of para-hydroxylation sites is 1. The molecule has 0 fully saturated rings. The van der Waals surface area contributed by atoms with E-state index in [0.717, 1.165) is 5.56 Å². The van der Waals surface area contributed by atoms with Crippen molar-refractivity contribution in [1.29, 1.82) is 0 Å². The van der Waals surface area contributed by atoms with Crippen molar-refractivity contribution in [3.8, 4) is 0 Å². The van der Waals surface area contributed by atoms with Gasteiger partial charge in [-0.15, -0.1) is 0 Å². The summed E-state index contributed by atoms with van der Waals surface area (Å²) in [5, 5.41) is 0.452. The van der Waals surface area contributed by atoms with E-state index in [0.29, 0.717) is 10.9 Å². The van der Waals surface area contributed by atoms with Crippen LogP contribution in [0, 0.1) is 6.92 Å². The van der Waals surface area contributed by atoms with Crippen molar-refractivity contribution >= 4 is 10.9 Å². The molecule has 4 heteroatoms. The summed E-state index contributed by atoms with van der Waals surface area (Å²) in [7, 11) is 0. The highest BCUT2D eigenvalue weighted by molar-refractivity contribution is 5.80. The minimum absolute atomic E-state index is 0.0413. The molecule has 0 saturated heterocycles. The van der Waals surface area contributed by atoms with Gasteiger partial charge in [-0.25, -0.2) is 9.59 Å². The standard InChI is InChI=1S/C12H13NO3/c1-7(2)13-10-8(3)5-4-6-9(10)11(14)16-12(13)15/h4-7H,1-3H3. The maximum atomic E-state index is 11.6.